The minimum atomic E-state index is -0.0737. The van der Waals surface area contributed by atoms with Gasteiger partial charge in [0.2, 0.25) is 0 Å². The first kappa shape index (κ1) is 16.3. The predicted molar refractivity (Wildman–Crippen MR) is 115 cm³/mol. The molecular weight excluding hydrogens is 346 g/mol. The van der Waals surface area contributed by atoms with E-state index in [0.717, 1.165) is 22.2 Å². The van der Waals surface area contributed by atoms with Crippen molar-refractivity contribution in [2.75, 3.05) is 0 Å². The number of para-hydroxylation sites is 3. The maximum Gasteiger partial charge on any atom is 0.266 e. The van der Waals surface area contributed by atoms with Crippen LogP contribution < -0.4 is 5.56 Å². The number of rotatable bonds is 3. The van der Waals surface area contributed by atoms with E-state index in [-0.39, 0.29) is 5.56 Å². The average molecular weight is 363 g/mol. The van der Waals surface area contributed by atoms with Crippen LogP contribution in [-0.4, -0.2) is 14.5 Å². The van der Waals surface area contributed by atoms with Crippen molar-refractivity contribution in [2.24, 2.45) is 0 Å². The molecule has 0 atom stereocenters. The van der Waals surface area contributed by atoms with Crippen molar-refractivity contribution in [1.29, 1.82) is 0 Å². The van der Waals surface area contributed by atoms with Crippen molar-refractivity contribution >= 4 is 34.0 Å². The lowest BCUT2D eigenvalue weighted by Crippen LogP contribution is -2.22. The second-order valence-electron chi connectivity index (χ2n) is 6.59. The molecule has 0 unspecified atom stereocenters. The molecule has 0 amide bonds. The van der Waals surface area contributed by atoms with Gasteiger partial charge in [-0.2, -0.15) is 0 Å². The standard InChI is InChI=1S/C24H17N3O/c28-24-20-11-5-7-13-22(20)26-23(27(24)18-8-2-1-3-9-18)15-14-17-16-25-21-12-6-4-10-19(17)21/h1-16,25H/b15-14+. The molecule has 0 fully saturated rings. The van der Waals surface area contributed by atoms with Gasteiger partial charge in [0.25, 0.3) is 5.56 Å². The van der Waals surface area contributed by atoms with Crippen molar-refractivity contribution in [3.63, 3.8) is 0 Å². The van der Waals surface area contributed by atoms with E-state index in [1.165, 1.54) is 0 Å². The van der Waals surface area contributed by atoms with Gasteiger partial charge in [-0.3, -0.25) is 9.36 Å². The highest BCUT2D eigenvalue weighted by Crippen LogP contribution is 2.21. The van der Waals surface area contributed by atoms with Gasteiger partial charge in [-0.1, -0.05) is 48.5 Å². The van der Waals surface area contributed by atoms with Crippen LogP contribution in [0.2, 0.25) is 0 Å². The van der Waals surface area contributed by atoms with Gasteiger partial charge in [-0.25, -0.2) is 4.98 Å². The second-order valence-corrected chi connectivity index (χ2v) is 6.59. The molecule has 0 spiro atoms. The Labute approximate surface area is 161 Å². The lowest BCUT2D eigenvalue weighted by atomic mass is 10.1. The Hall–Kier alpha value is -3.92. The number of hydrogen-bond acceptors (Lipinski definition) is 2. The molecule has 3 aromatic carbocycles. The van der Waals surface area contributed by atoms with Crippen molar-refractivity contribution in [3.05, 3.63) is 107 Å². The summed E-state index contributed by atoms with van der Waals surface area (Å²) in [6.45, 7) is 0. The topological polar surface area (TPSA) is 50.7 Å². The highest BCUT2D eigenvalue weighted by atomic mass is 16.1. The molecule has 0 bridgehead atoms. The zero-order valence-corrected chi connectivity index (χ0v) is 15.0. The van der Waals surface area contributed by atoms with Gasteiger partial charge in [0, 0.05) is 17.1 Å². The molecule has 0 saturated heterocycles. The Morgan fingerprint density at radius 3 is 2.36 bits per heavy atom. The smallest absolute Gasteiger partial charge is 0.266 e. The first-order valence-electron chi connectivity index (χ1n) is 9.13. The van der Waals surface area contributed by atoms with Crippen LogP contribution in [0.15, 0.2) is 89.9 Å². The second kappa shape index (κ2) is 6.67. The van der Waals surface area contributed by atoms with Crippen LogP contribution in [0.5, 0.6) is 0 Å². The van der Waals surface area contributed by atoms with Gasteiger partial charge < -0.3 is 4.98 Å². The van der Waals surface area contributed by atoms with Crippen LogP contribution in [0.1, 0.15) is 11.4 Å². The number of aromatic amines is 1. The van der Waals surface area contributed by atoms with Crippen LogP contribution in [0, 0.1) is 0 Å². The van der Waals surface area contributed by atoms with Gasteiger partial charge in [0.05, 0.1) is 16.6 Å². The molecule has 0 saturated carbocycles. The SMILES string of the molecule is O=c1c2ccccc2nc(/C=C/c2c[nH]c3ccccc23)n1-c1ccccc1. The summed E-state index contributed by atoms with van der Waals surface area (Å²) in [7, 11) is 0. The van der Waals surface area contributed by atoms with Crippen molar-refractivity contribution in [3.8, 4) is 5.69 Å². The molecule has 4 nitrogen and oxygen atoms in total. The Morgan fingerprint density at radius 1 is 0.786 bits per heavy atom. The maximum absolute atomic E-state index is 13.2. The van der Waals surface area contributed by atoms with Crippen LogP contribution >= 0.6 is 0 Å². The van der Waals surface area contributed by atoms with Gasteiger partial charge in [-0.05, 0) is 48.0 Å². The number of nitrogens with one attached hydrogen (secondary N) is 1. The van der Waals surface area contributed by atoms with Gasteiger partial charge in [-0.15, -0.1) is 0 Å². The zero-order chi connectivity index (χ0) is 18.9. The number of hydrogen-bond donors (Lipinski definition) is 1. The highest BCUT2D eigenvalue weighted by molar-refractivity contribution is 5.91. The molecule has 5 rings (SSSR count). The number of benzene rings is 3. The molecule has 1 N–H and O–H groups in total. The molecule has 2 heterocycles. The van der Waals surface area contributed by atoms with Gasteiger partial charge >= 0.3 is 0 Å². The van der Waals surface area contributed by atoms with Crippen molar-refractivity contribution < 1.29 is 0 Å². The molecule has 0 aliphatic heterocycles. The fraction of sp³-hybridized carbons (Fsp3) is 0. The summed E-state index contributed by atoms with van der Waals surface area (Å²) in [5.41, 5.74) is 3.55. The summed E-state index contributed by atoms with van der Waals surface area (Å²) >= 11 is 0. The molecule has 0 radical (unpaired) electrons. The Bertz CT molecular complexity index is 1380. The van der Waals surface area contributed by atoms with E-state index in [1.807, 2.05) is 91.1 Å². The Balaban J connectivity index is 1.73. The fourth-order valence-electron chi connectivity index (χ4n) is 3.48. The van der Waals surface area contributed by atoms with Crippen LogP contribution in [0.3, 0.4) is 0 Å². The monoisotopic (exact) mass is 363 g/mol. The van der Waals surface area contributed by atoms with Crippen LogP contribution in [0.4, 0.5) is 0 Å². The van der Waals surface area contributed by atoms with Crippen LogP contribution in [-0.2, 0) is 0 Å². The molecule has 2 aromatic heterocycles. The molecule has 0 aliphatic rings. The third kappa shape index (κ3) is 2.72. The van der Waals surface area contributed by atoms with E-state index < -0.39 is 0 Å². The summed E-state index contributed by atoms with van der Waals surface area (Å²) in [4.78, 5) is 21.2. The molecule has 134 valence electrons. The summed E-state index contributed by atoms with van der Waals surface area (Å²) in [6.07, 6.45) is 5.86. The first-order chi connectivity index (χ1) is 13.8. The quantitative estimate of drug-likeness (QED) is 0.488. The zero-order valence-electron chi connectivity index (χ0n) is 15.0. The maximum atomic E-state index is 13.2. The highest BCUT2D eigenvalue weighted by Gasteiger charge is 2.10. The van der Waals surface area contributed by atoms with Crippen molar-refractivity contribution in [2.45, 2.75) is 0 Å². The Kier molecular flexibility index (Phi) is 3.87. The first-order valence-corrected chi connectivity index (χ1v) is 9.13. The molecule has 28 heavy (non-hydrogen) atoms. The van der Waals surface area contributed by atoms with E-state index >= 15 is 0 Å². The molecular formula is C24H17N3O. The van der Waals surface area contributed by atoms with E-state index in [0.29, 0.717) is 16.7 Å². The van der Waals surface area contributed by atoms with E-state index in [1.54, 1.807) is 4.57 Å². The van der Waals surface area contributed by atoms with Gasteiger partial charge in [0.1, 0.15) is 5.82 Å². The van der Waals surface area contributed by atoms with E-state index in [4.69, 9.17) is 4.98 Å². The number of aromatic nitrogens is 3. The fourth-order valence-corrected chi connectivity index (χ4v) is 3.48. The third-order valence-electron chi connectivity index (χ3n) is 4.85. The molecule has 0 aliphatic carbocycles. The molecule has 5 aromatic rings. The van der Waals surface area contributed by atoms with E-state index in [9.17, 15) is 4.79 Å². The molecule has 4 heteroatoms. The summed E-state index contributed by atoms with van der Waals surface area (Å²) in [6, 6.07) is 25.2. The summed E-state index contributed by atoms with van der Waals surface area (Å²) in [5, 5.41) is 1.74. The van der Waals surface area contributed by atoms with Gasteiger partial charge in [0.15, 0.2) is 0 Å². The Morgan fingerprint density at radius 2 is 1.50 bits per heavy atom. The minimum Gasteiger partial charge on any atom is -0.361 e. The van der Waals surface area contributed by atoms with Crippen molar-refractivity contribution in [1.82, 2.24) is 14.5 Å². The largest absolute Gasteiger partial charge is 0.361 e. The lowest BCUT2D eigenvalue weighted by Gasteiger charge is -2.11. The van der Waals surface area contributed by atoms with E-state index in [2.05, 4.69) is 11.1 Å². The number of nitrogens with zero attached hydrogens (tertiary/aromatic N) is 2. The number of fused-ring (bicyclic) bond motifs is 2. The third-order valence-corrected chi connectivity index (χ3v) is 4.85. The minimum absolute atomic E-state index is 0.0737. The normalized spacial score (nSPS) is 11.6. The predicted octanol–water partition coefficient (Wildman–Crippen LogP) is 5.04. The number of H-pyrrole nitrogens is 1. The lowest BCUT2D eigenvalue weighted by molar-refractivity contribution is 0.944. The van der Waals surface area contributed by atoms with Crippen LogP contribution in [0.25, 0.3) is 39.6 Å². The summed E-state index contributed by atoms with van der Waals surface area (Å²) < 4.78 is 1.66. The summed E-state index contributed by atoms with van der Waals surface area (Å²) in [5.74, 6) is 0.597. The average Bonchev–Trinajstić information content (AvgIpc) is 3.16.